The van der Waals surface area contributed by atoms with Crippen LogP contribution >= 0.6 is 0 Å². The highest BCUT2D eigenvalue weighted by atomic mass is 19.4. The number of alkyl halides is 3. The number of carbonyl (C=O) groups excluding carboxylic acids is 1. The molecule has 1 atom stereocenters. The number of amides is 1. The van der Waals surface area contributed by atoms with Gasteiger partial charge in [-0.3, -0.25) is 4.79 Å². The van der Waals surface area contributed by atoms with Crippen LogP contribution in [0.3, 0.4) is 0 Å². The first-order valence-corrected chi connectivity index (χ1v) is 8.65. The zero-order valence-corrected chi connectivity index (χ0v) is 16.3. The number of nitrogens with zero attached hydrogens (tertiary/aromatic N) is 4. The number of carbonyl (C=O) groups is 1. The minimum atomic E-state index is -4.85. The van der Waals surface area contributed by atoms with E-state index in [4.69, 9.17) is 10.5 Å². The fraction of sp³-hybridized carbons (Fsp3) is 0.368. The molecule has 3 N–H and O–H groups in total. The third-order valence-corrected chi connectivity index (χ3v) is 3.90. The van der Waals surface area contributed by atoms with Crippen molar-refractivity contribution in [2.75, 3.05) is 29.6 Å². The van der Waals surface area contributed by atoms with Crippen LogP contribution in [-0.4, -0.2) is 41.9 Å². The first kappa shape index (κ1) is 25.3. The largest absolute Gasteiger partial charge is 0.573 e. The normalized spacial score (nSPS) is 11.5. The molecule has 31 heavy (non-hydrogen) atoms. The van der Waals surface area contributed by atoms with Crippen LogP contribution in [-0.2, 0) is 4.79 Å². The molecule has 1 heterocycles. The van der Waals surface area contributed by atoms with Crippen molar-refractivity contribution in [3.8, 4) is 17.7 Å². The Morgan fingerprint density at radius 1 is 1.39 bits per heavy atom. The quantitative estimate of drug-likeness (QED) is 0.671. The lowest BCUT2D eigenvalue weighted by molar-refractivity contribution is -0.274. The van der Waals surface area contributed by atoms with Gasteiger partial charge in [0.15, 0.2) is 11.4 Å². The standard InChI is InChI=1S/C18H19F3N6O3.CH4/c1-4-29-16-13(9-22)14(25-17(23)26-16)27(3)10(2)15(28)24-11-6-5-7-12(8-11)30-18(19,20)21;/h5-8,10H,4H2,1-3H3,(H,24,28)(H2,23,25,26);1H4/t10-;/m0./s1. The Balaban J connectivity index is 0.00000480. The molecule has 0 aliphatic heterocycles. The molecule has 0 unspecified atom stereocenters. The Kier molecular flexibility index (Phi) is 8.43. The van der Waals surface area contributed by atoms with Crippen molar-refractivity contribution in [3.05, 3.63) is 29.8 Å². The van der Waals surface area contributed by atoms with E-state index in [-0.39, 0.29) is 42.9 Å². The highest BCUT2D eigenvalue weighted by molar-refractivity contribution is 5.96. The van der Waals surface area contributed by atoms with Crippen LogP contribution in [0.1, 0.15) is 26.8 Å². The van der Waals surface area contributed by atoms with Gasteiger partial charge in [0.25, 0.3) is 0 Å². The Morgan fingerprint density at radius 2 is 2.06 bits per heavy atom. The molecule has 0 saturated heterocycles. The van der Waals surface area contributed by atoms with E-state index in [0.717, 1.165) is 12.1 Å². The highest BCUT2D eigenvalue weighted by Gasteiger charge is 2.31. The smallest absolute Gasteiger partial charge is 0.477 e. The average molecular weight is 440 g/mol. The molecule has 9 nitrogen and oxygen atoms in total. The third kappa shape index (κ3) is 6.63. The number of anilines is 3. The number of halogens is 3. The number of likely N-dealkylation sites (N-methyl/N-ethyl adjacent to an activating group) is 1. The van der Waals surface area contributed by atoms with Crippen molar-refractivity contribution < 1.29 is 27.4 Å². The number of nitrogens with two attached hydrogens (primary N) is 1. The molecule has 0 saturated carbocycles. The number of benzene rings is 1. The van der Waals surface area contributed by atoms with Crippen LogP contribution < -0.4 is 25.4 Å². The third-order valence-electron chi connectivity index (χ3n) is 3.90. The Hall–Kier alpha value is -3.75. The number of hydrogen-bond acceptors (Lipinski definition) is 8. The summed E-state index contributed by atoms with van der Waals surface area (Å²) in [6.07, 6.45) is -4.85. The molecule has 0 fully saturated rings. The van der Waals surface area contributed by atoms with E-state index in [1.807, 2.05) is 6.07 Å². The summed E-state index contributed by atoms with van der Waals surface area (Å²) in [4.78, 5) is 21.9. The van der Waals surface area contributed by atoms with Crippen LogP contribution in [0.5, 0.6) is 11.6 Å². The van der Waals surface area contributed by atoms with Crippen LogP contribution in [0.15, 0.2) is 24.3 Å². The van der Waals surface area contributed by atoms with Gasteiger partial charge in [0, 0.05) is 18.8 Å². The predicted molar refractivity (Wildman–Crippen MR) is 109 cm³/mol. The van der Waals surface area contributed by atoms with Crippen LogP contribution in [0, 0.1) is 11.3 Å². The van der Waals surface area contributed by atoms with Gasteiger partial charge < -0.3 is 25.4 Å². The van der Waals surface area contributed by atoms with E-state index in [1.54, 1.807) is 6.92 Å². The number of nitrogen functional groups attached to an aromatic ring is 1. The summed E-state index contributed by atoms with van der Waals surface area (Å²) in [6.45, 7) is 3.46. The summed E-state index contributed by atoms with van der Waals surface area (Å²) in [5, 5.41) is 12.0. The lowest BCUT2D eigenvalue weighted by atomic mass is 10.2. The summed E-state index contributed by atoms with van der Waals surface area (Å²) in [6, 6.07) is 5.90. The SMILES string of the molecule is C.CCOc1nc(N)nc(N(C)[C@@H](C)C(=O)Nc2cccc(OC(F)(F)F)c2)c1C#N. The van der Waals surface area contributed by atoms with E-state index < -0.39 is 24.1 Å². The zero-order chi connectivity index (χ0) is 22.5. The van der Waals surface area contributed by atoms with Gasteiger partial charge in [-0.05, 0) is 26.0 Å². The van der Waals surface area contributed by atoms with Gasteiger partial charge in [-0.1, -0.05) is 13.5 Å². The second-order valence-corrected chi connectivity index (χ2v) is 5.98. The molecule has 1 aromatic carbocycles. The summed E-state index contributed by atoms with van der Waals surface area (Å²) in [7, 11) is 1.51. The monoisotopic (exact) mass is 440 g/mol. The molecule has 0 bridgehead atoms. The lowest BCUT2D eigenvalue weighted by Crippen LogP contribution is -2.40. The van der Waals surface area contributed by atoms with Crippen molar-refractivity contribution >= 4 is 23.4 Å². The average Bonchev–Trinajstić information content (AvgIpc) is 2.65. The first-order chi connectivity index (χ1) is 14.1. The molecule has 12 heteroatoms. The second kappa shape index (κ2) is 10.3. The highest BCUT2D eigenvalue weighted by Crippen LogP contribution is 2.28. The van der Waals surface area contributed by atoms with Crippen molar-refractivity contribution in [2.45, 2.75) is 33.7 Å². The molecule has 0 radical (unpaired) electrons. The first-order valence-electron chi connectivity index (χ1n) is 8.65. The Morgan fingerprint density at radius 3 is 2.65 bits per heavy atom. The molecule has 1 amide bonds. The molecular formula is C19H23F3N6O3. The summed E-state index contributed by atoms with van der Waals surface area (Å²) in [5.74, 6) is -1.13. The van der Waals surface area contributed by atoms with Crippen molar-refractivity contribution in [1.29, 1.82) is 5.26 Å². The maximum atomic E-state index is 12.6. The van der Waals surface area contributed by atoms with Gasteiger partial charge in [0.05, 0.1) is 6.61 Å². The number of aromatic nitrogens is 2. The second-order valence-electron chi connectivity index (χ2n) is 5.98. The van der Waals surface area contributed by atoms with Gasteiger partial charge in [0.2, 0.25) is 17.7 Å². The van der Waals surface area contributed by atoms with E-state index in [1.165, 1.54) is 31.0 Å². The predicted octanol–water partition coefficient (Wildman–Crippen LogP) is 3.33. The summed E-state index contributed by atoms with van der Waals surface area (Å²) in [5.41, 5.74) is 5.76. The lowest BCUT2D eigenvalue weighted by Gasteiger charge is -2.26. The van der Waals surface area contributed by atoms with E-state index in [0.29, 0.717) is 0 Å². The molecule has 1 aromatic heterocycles. The van der Waals surface area contributed by atoms with Gasteiger partial charge in [-0.15, -0.1) is 13.2 Å². The number of hydrogen-bond donors (Lipinski definition) is 2. The summed E-state index contributed by atoms with van der Waals surface area (Å²) >= 11 is 0. The topological polar surface area (TPSA) is 126 Å². The molecular weight excluding hydrogens is 417 g/mol. The van der Waals surface area contributed by atoms with Gasteiger partial charge in [-0.2, -0.15) is 15.2 Å². The van der Waals surface area contributed by atoms with E-state index in [2.05, 4.69) is 20.0 Å². The van der Waals surface area contributed by atoms with Gasteiger partial charge in [0.1, 0.15) is 17.9 Å². The van der Waals surface area contributed by atoms with Crippen LogP contribution in [0.4, 0.5) is 30.6 Å². The number of ether oxygens (including phenoxy) is 2. The minimum absolute atomic E-state index is 0. The molecule has 2 aromatic rings. The fourth-order valence-corrected chi connectivity index (χ4v) is 2.42. The minimum Gasteiger partial charge on any atom is -0.477 e. The maximum Gasteiger partial charge on any atom is 0.573 e. The fourth-order valence-electron chi connectivity index (χ4n) is 2.42. The van der Waals surface area contributed by atoms with E-state index in [9.17, 15) is 23.2 Å². The van der Waals surface area contributed by atoms with Crippen molar-refractivity contribution in [2.24, 2.45) is 0 Å². The molecule has 0 spiro atoms. The Bertz CT molecular complexity index is 962. The number of rotatable bonds is 7. The molecule has 0 aliphatic carbocycles. The van der Waals surface area contributed by atoms with Crippen molar-refractivity contribution in [3.63, 3.8) is 0 Å². The van der Waals surface area contributed by atoms with E-state index >= 15 is 0 Å². The maximum absolute atomic E-state index is 12.6. The van der Waals surface area contributed by atoms with Crippen LogP contribution in [0.2, 0.25) is 0 Å². The summed E-state index contributed by atoms with van der Waals surface area (Å²) < 4.78 is 46.3. The Labute approximate surface area is 177 Å². The van der Waals surface area contributed by atoms with Crippen molar-refractivity contribution in [1.82, 2.24) is 9.97 Å². The van der Waals surface area contributed by atoms with Crippen LogP contribution in [0.25, 0.3) is 0 Å². The zero-order valence-electron chi connectivity index (χ0n) is 16.3. The van der Waals surface area contributed by atoms with Gasteiger partial charge >= 0.3 is 6.36 Å². The van der Waals surface area contributed by atoms with Gasteiger partial charge in [-0.25, -0.2) is 0 Å². The molecule has 2 rings (SSSR count). The molecule has 168 valence electrons. The number of nitrogens with one attached hydrogen (secondary N) is 1. The molecule has 0 aliphatic rings. The number of nitriles is 1.